The maximum atomic E-state index is 12.3. The van der Waals surface area contributed by atoms with Crippen LogP contribution in [0.5, 0.6) is 11.5 Å². The molecule has 1 heterocycles. The van der Waals surface area contributed by atoms with Gasteiger partial charge in [-0.1, -0.05) is 29.3 Å². The Kier molecular flexibility index (Phi) is 9.73. The van der Waals surface area contributed by atoms with Crippen LogP contribution in [-0.2, 0) is 20.9 Å². The molecule has 0 fully saturated rings. The minimum absolute atomic E-state index is 0.0757. The third-order valence-electron chi connectivity index (χ3n) is 4.44. The Hall–Kier alpha value is -4.02. The van der Waals surface area contributed by atoms with Crippen molar-refractivity contribution in [2.75, 3.05) is 18.5 Å². The van der Waals surface area contributed by atoms with Crippen LogP contribution in [0.15, 0.2) is 64.3 Å². The van der Waals surface area contributed by atoms with Crippen molar-refractivity contribution in [1.82, 2.24) is 10.7 Å². The predicted octanol–water partition coefficient (Wildman–Crippen LogP) is 3.77. The summed E-state index contributed by atoms with van der Waals surface area (Å²) < 4.78 is 16.3. The standard InChI is InChI=1S/C24H22Cl2N4O6/c1-2-34-20-11-15(12-28-30-24(33)23(32)27-13-16-5-4-10-35-16)8-9-19(20)36-14-21(31)29-18-7-3-6-17(25)22(18)26/h3-12H,2,13-14H2,1H3,(H,27,32)(H,29,31)(H,30,33)/b28-12-. The first kappa shape index (κ1) is 26.6. The van der Waals surface area contributed by atoms with Gasteiger partial charge in [-0.05, 0) is 55.0 Å². The van der Waals surface area contributed by atoms with Gasteiger partial charge in [0.2, 0.25) is 0 Å². The van der Waals surface area contributed by atoms with Crippen molar-refractivity contribution < 1.29 is 28.3 Å². The van der Waals surface area contributed by atoms with Crippen molar-refractivity contribution in [3.8, 4) is 11.5 Å². The lowest BCUT2D eigenvalue weighted by molar-refractivity contribution is -0.139. The summed E-state index contributed by atoms with van der Waals surface area (Å²) in [5.41, 5.74) is 3.06. The number of nitrogens with one attached hydrogen (secondary N) is 3. The van der Waals surface area contributed by atoms with Crippen LogP contribution in [0.4, 0.5) is 5.69 Å². The van der Waals surface area contributed by atoms with Gasteiger partial charge in [-0.15, -0.1) is 0 Å². The quantitative estimate of drug-likeness (QED) is 0.207. The van der Waals surface area contributed by atoms with Gasteiger partial charge in [0.15, 0.2) is 18.1 Å². The molecule has 0 radical (unpaired) electrons. The molecule has 3 rings (SSSR count). The molecule has 0 unspecified atom stereocenters. The van der Waals surface area contributed by atoms with E-state index in [2.05, 4.69) is 21.2 Å². The molecule has 3 aromatic rings. The normalized spacial score (nSPS) is 10.6. The van der Waals surface area contributed by atoms with Gasteiger partial charge in [-0.3, -0.25) is 14.4 Å². The van der Waals surface area contributed by atoms with E-state index in [4.69, 9.17) is 37.1 Å². The summed E-state index contributed by atoms with van der Waals surface area (Å²) in [6.07, 6.45) is 2.79. The van der Waals surface area contributed by atoms with Crippen LogP contribution in [0, 0.1) is 0 Å². The number of amides is 3. The van der Waals surface area contributed by atoms with Crippen molar-refractivity contribution in [2.45, 2.75) is 13.5 Å². The molecule has 2 aromatic carbocycles. The lowest BCUT2D eigenvalue weighted by Crippen LogP contribution is -2.37. The molecule has 0 spiro atoms. The second-order valence-electron chi connectivity index (χ2n) is 7.04. The van der Waals surface area contributed by atoms with Crippen molar-refractivity contribution in [2.24, 2.45) is 5.10 Å². The Balaban J connectivity index is 1.54. The van der Waals surface area contributed by atoms with Crippen LogP contribution in [0.2, 0.25) is 10.0 Å². The van der Waals surface area contributed by atoms with Crippen molar-refractivity contribution in [3.63, 3.8) is 0 Å². The van der Waals surface area contributed by atoms with E-state index in [9.17, 15) is 14.4 Å². The van der Waals surface area contributed by atoms with Gasteiger partial charge in [0, 0.05) is 0 Å². The number of benzene rings is 2. The van der Waals surface area contributed by atoms with Gasteiger partial charge in [-0.2, -0.15) is 5.10 Å². The zero-order valence-electron chi connectivity index (χ0n) is 19.0. The Morgan fingerprint density at radius 3 is 2.61 bits per heavy atom. The van der Waals surface area contributed by atoms with Gasteiger partial charge in [0.1, 0.15) is 5.76 Å². The number of halogens is 2. The summed E-state index contributed by atoms with van der Waals surface area (Å²) >= 11 is 12.0. The maximum absolute atomic E-state index is 12.3. The van der Waals surface area contributed by atoms with Crippen LogP contribution in [0.25, 0.3) is 0 Å². The molecule has 0 saturated carbocycles. The molecular formula is C24H22Cl2N4O6. The Bertz CT molecular complexity index is 1250. The highest BCUT2D eigenvalue weighted by Crippen LogP contribution is 2.30. The van der Waals surface area contributed by atoms with E-state index < -0.39 is 17.7 Å². The number of ether oxygens (including phenoxy) is 2. The topological polar surface area (TPSA) is 131 Å². The number of rotatable bonds is 10. The largest absolute Gasteiger partial charge is 0.490 e. The highest BCUT2D eigenvalue weighted by atomic mass is 35.5. The average Bonchev–Trinajstić information content (AvgIpc) is 3.39. The minimum Gasteiger partial charge on any atom is -0.490 e. The monoisotopic (exact) mass is 532 g/mol. The smallest absolute Gasteiger partial charge is 0.329 e. The van der Waals surface area contributed by atoms with Crippen molar-refractivity contribution >= 4 is 52.8 Å². The van der Waals surface area contributed by atoms with Gasteiger partial charge in [-0.25, -0.2) is 5.43 Å². The molecule has 3 N–H and O–H groups in total. The average molecular weight is 533 g/mol. The van der Waals surface area contributed by atoms with Gasteiger partial charge < -0.3 is 24.5 Å². The number of hydrazone groups is 1. The second kappa shape index (κ2) is 13.2. The summed E-state index contributed by atoms with van der Waals surface area (Å²) in [5.74, 6) is -1.05. The zero-order valence-corrected chi connectivity index (χ0v) is 20.6. The zero-order chi connectivity index (χ0) is 25.9. The highest BCUT2D eigenvalue weighted by molar-refractivity contribution is 6.44. The number of nitrogens with zero attached hydrogens (tertiary/aromatic N) is 1. The third-order valence-corrected chi connectivity index (χ3v) is 5.26. The van der Waals surface area contributed by atoms with Gasteiger partial charge >= 0.3 is 11.8 Å². The number of carbonyl (C=O) groups is 3. The summed E-state index contributed by atoms with van der Waals surface area (Å²) in [4.78, 5) is 36.0. The molecule has 0 saturated heterocycles. The molecule has 1 aromatic heterocycles. The van der Waals surface area contributed by atoms with E-state index in [1.165, 1.54) is 12.5 Å². The second-order valence-corrected chi connectivity index (χ2v) is 7.82. The molecule has 0 aliphatic rings. The molecule has 10 nitrogen and oxygen atoms in total. The van der Waals surface area contributed by atoms with Gasteiger partial charge in [0.25, 0.3) is 5.91 Å². The predicted molar refractivity (Wildman–Crippen MR) is 134 cm³/mol. The van der Waals surface area contributed by atoms with Crippen LogP contribution in [0.3, 0.4) is 0 Å². The fraction of sp³-hybridized carbons (Fsp3) is 0.167. The Morgan fingerprint density at radius 1 is 1.03 bits per heavy atom. The number of carbonyl (C=O) groups excluding carboxylic acids is 3. The number of hydrogen-bond donors (Lipinski definition) is 3. The van der Waals surface area contributed by atoms with Gasteiger partial charge in [0.05, 0.1) is 41.4 Å². The summed E-state index contributed by atoms with van der Waals surface area (Å²) in [5, 5.41) is 9.37. The molecule has 0 bridgehead atoms. The van der Waals surface area contributed by atoms with Crippen LogP contribution < -0.4 is 25.5 Å². The molecule has 12 heteroatoms. The first-order valence-electron chi connectivity index (χ1n) is 10.6. The molecule has 3 amide bonds. The van der Waals surface area contributed by atoms with E-state index in [1.54, 1.807) is 55.5 Å². The molecule has 188 valence electrons. The van der Waals surface area contributed by atoms with E-state index in [0.29, 0.717) is 40.1 Å². The maximum Gasteiger partial charge on any atom is 0.329 e. The fourth-order valence-electron chi connectivity index (χ4n) is 2.80. The lowest BCUT2D eigenvalue weighted by Gasteiger charge is -2.13. The van der Waals surface area contributed by atoms with Crippen LogP contribution >= 0.6 is 23.2 Å². The SMILES string of the molecule is CCOc1cc(/C=N\NC(=O)C(=O)NCc2ccco2)ccc1OCC(=O)Nc1cccc(Cl)c1Cl. The number of hydrogen-bond acceptors (Lipinski definition) is 7. The summed E-state index contributed by atoms with van der Waals surface area (Å²) in [6.45, 7) is 1.90. The first-order valence-corrected chi connectivity index (χ1v) is 11.4. The summed E-state index contributed by atoms with van der Waals surface area (Å²) in [6, 6.07) is 13.1. The number of furan rings is 1. The summed E-state index contributed by atoms with van der Waals surface area (Å²) in [7, 11) is 0. The van der Waals surface area contributed by atoms with E-state index in [-0.39, 0.29) is 18.2 Å². The lowest BCUT2D eigenvalue weighted by atomic mass is 10.2. The molecular weight excluding hydrogens is 511 g/mol. The van der Waals surface area contributed by atoms with E-state index in [0.717, 1.165) is 0 Å². The van der Waals surface area contributed by atoms with Crippen molar-refractivity contribution in [3.05, 3.63) is 76.2 Å². The van der Waals surface area contributed by atoms with E-state index >= 15 is 0 Å². The molecule has 0 atom stereocenters. The molecule has 0 aliphatic carbocycles. The molecule has 0 aliphatic heterocycles. The number of anilines is 1. The Labute approximate surface area is 216 Å². The Morgan fingerprint density at radius 2 is 1.86 bits per heavy atom. The van der Waals surface area contributed by atoms with E-state index in [1.807, 2.05) is 0 Å². The third kappa shape index (κ3) is 7.76. The fourth-order valence-corrected chi connectivity index (χ4v) is 3.15. The minimum atomic E-state index is -0.936. The van der Waals surface area contributed by atoms with Crippen LogP contribution in [-0.4, -0.2) is 37.1 Å². The highest BCUT2D eigenvalue weighted by Gasteiger charge is 2.14. The molecule has 36 heavy (non-hydrogen) atoms. The van der Waals surface area contributed by atoms with Crippen molar-refractivity contribution in [1.29, 1.82) is 0 Å². The first-order chi connectivity index (χ1) is 17.4. The van der Waals surface area contributed by atoms with Crippen LogP contribution in [0.1, 0.15) is 18.2 Å².